The average Bonchev–Trinajstić information content (AvgIpc) is 2.85. The molecule has 0 saturated heterocycles. The second-order valence-corrected chi connectivity index (χ2v) is 7.63. The molecule has 24 heavy (non-hydrogen) atoms. The van der Waals surface area contributed by atoms with Gasteiger partial charge in [0.15, 0.2) is 0 Å². The summed E-state index contributed by atoms with van der Waals surface area (Å²) in [5.41, 5.74) is 1.05. The van der Waals surface area contributed by atoms with Crippen molar-refractivity contribution in [3.63, 3.8) is 0 Å². The molecule has 0 N–H and O–H groups in total. The van der Waals surface area contributed by atoms with Crippen molar-refractivity contribution in [2.24, 2.45) is 0 Å². The van der Waals surface area contributed by atoms with Crippen molar-refractivity contribution in [1.82, 2.24) is 4.90 Å². The SMILES string of the molecule is CCCCCCCCCCCC(Br)N1C(=O)c2ccccc2C1=O. The van der Waals surface area contributed by atoms with Crippen molar-refractivity contribution in [3.05, 3.63) is 35.4 Å². The minimum Gasteiger partial charge on any atom is -0.269 e. The zero-order chi connectivity index (χ0) is 17.4. The molecular weight excluding hydrogens is 366 g/mol. The van der Waals surface area contributed by atoms with E-state index in [9.17, 15) is 9.59 Å². The van der Waals surface area contributed by atoms with Crippen LogP contribution in [0, 0.1) is 0 Å². The molecule has 0 aromatic heterocycles. The van der Waals surface area contributed by atoms with Crippen LogP contribution in [-0.4, -0.2) is 21.7 Å². The summed E-state index contributed by atoms with van der Waals surface area (Å²) in [5, 5.41) is 0. The number of alkyl halides is 1. The number of fused-ring (bicyclic) bond motifs is 1. The fraction of sp³-hybridized carbons (Fsp3) is 0.600. The Bertz CT molecular complexity index is 523. The average molecular weight is 394 g/mol. The van der Waals surface area contributed by atoms with Crippen LogP contribution < -0.4 is 0 Å². The van der Waals surface area contributed by atoms with Gasteiger partial charge in [-0.15, -0.1) is 0 Å². The lowest BCUT2D eigenvalue weighted by Gasteiger charge is -2.20. The van der Waals surface area contributed by atoms with Gasteiger partial charge in [0.1, 0.15) is 0 Å². The summed E-state index contributed by atoms with van der Waals surface area (Å²) in [6.07, 6.45) is 12.3. The summed E-state index contributed by atoms with van der Waals surface area (Å²) >= 11 is 3.54. The van der Waals surface area contributed by atoms with Gasteiger partial charge in [0.25, 0.3) is 11.8 Å². The molecule has 2 rings (SSSR count). The monoisotopic (exact) mass is 393 g/mol. The molecule has 2 amide bonds. The molecule has 0 bridgehead atoms. The molecule has 1 unspecified atom stereocenters. The lowest BCUT2D eigenvalue weighted by atomic mass is 10.1. The van der Waals surface area contributed by atoms with Gasteiger partial charge in [-0.2, -0.15) is 0 Å². The van der Waals surface area contributed by atoms with Crippen molar-refractivity contribution in [2.45, 2.75) is 76.1 Å². The van der Waals surface area contributed by atoms with E-state index in [0.717, 1.165) is 12.8 Å². The molecule has 0 aliphatic carbocycles. The number of carbonyl (C=O) groups excluding carboxylic acids is 2. The number of benzene rings is 1. The molecule has 0 spiro atoms. The van der Waals surface area contributed by atoms with E-state index < -0.39 is 0 Å². The largest absolute Gasteiger partial charge is 0.269 e. The van der Waals surface area contributed by atoms with Crippen molar-refractivity contribution >= 4 is 27.7 Å². The zero-order valence-corrected chi connectivity index (χ0v) is 16.2. The van der Waals surface area contributed by atoms with Gasteiger partial charge in [-0.25, -0.2) is 0 Å². The molecule has 1 aliphatic rings. The topological polar surface area (TPSA) is 37.4 Å². The van der Waals surface area contributed by atoms with Crippen molar-refractivity contribution in [1.29, 1.82) is 0 Å². The minimum atomic E-state index is -0.200. The maximum atomic E-state index is 12.4. The molecule has 1 heterocycles. The van der Waals surface area contributed by atoms with Crippen molar-refractivity contribution in [3.8, 4) is 0 Å². The number of imide groups is 1. The Labute approximate surface area is 153 Å². The highest BCUT2D eigenvalue weighted by Gasteiger charge is 2.38. The Balaban J connectivity index is 1.66. The molecule has 0 radical (unpaired) electrons. The molecule has 1 aromatic rings. The number of unbranched alkanes of at least 4 members (excludes halogenated alkanes) is 8. The van der Waals surface area contributed by atoms with Gasteiger partial charge in [0.05, 0.1) is 16.1 Å². The lowest BCUT2D eigenvalue weighted by Crippen LogP contribution is -2.36. The van der Waals surface area contributed by atoms with Crippen LogP contribution in [0.3, 0.4) is 0 Å². The number of hydrogen-bond donors (Lipinski definition) is 0. The van der Waals surface area contributed by atoms with Crippen LogP contribution in [0.4, 0.5) is 0 Å². The summed E-state index contributed by atoms with van der Waals surface area (Å²) in [6.45, 7) is 2.24. The van der Waals surface area contributed by atoms with Gasteiger partial charge < -0.3 is 0 Å². The minimum absolute atomic E-state index is 0.173. The molecule has 132 valence electrons. The van der Waals surface area contributed by atoms with Crippen LogP contribution >= 0.6 is 15.9 Å². The van der Waals surface area contributed by atoms with E-state index >= 15 is 0 Å². The first-order valence-corrected chi connectivity index (χ1v) is 10.2. The van der Waals surface area contributed by atoms with Crippen LogP contribution in [0.2, 0.25) is 0 Å². The van der Waals surface area contributed by atoms with E-state index in [2.05, 4.69) is 22.9 Å². The summed E-state index contributed by atoms with van der Waals surface area (Å²) in [5.74, 6) is -0.346. The third-order valence-electron chi connectivity index (χ3n) is 4.65. The number of hydrogen-bond acceptors (Lipinski definition) is 2. The molecule has 0 saturated carbocycles. The fourth-order valence-corrected chi connectivity index (χ4v) is 3.91. The van der Waals surface area contributed by atoms with E-state index in [1.165, 1.54) is 56.3 Å². The first kappa shape index (κ1) is 19.2. The summed E-state index contributed by atoms with van der Waals surface area (Å²) in [4.78, 5) is 25.9. The van der Waals surface area contributed by atoms with Crippen LogP contribution in [-0.2, 0) is 0 Å². The standard InChI is InChI=1S/C20H28BrNO2/c1-2-3-4-5-6-7-8-9-10-15-18(21)22-19(23)16-13-11-12-14-17(16)20(22)24/h11-14,18H,2-10,15H2,1H3. The molecule has 3 nitrogen and oxygen atoms in total. The second-order valence-electron chi connectivity index (χ2n) is 6.58. The van der Waals surface area contributed by atoms with Gasteiger partial charge in [-0.05, 0) is 18.6 Å². The fourth-order valence-electron chi connectivity index (χ4n) is 3.21. The number of carbonyl (C=O) groups is 2. The Morgan fingerprint density at radius 3 is 1.79 bits per heavy atom. The third kappa shape index (κ3) is 4.92. The smallest absolute Gasteiger partial charge is 0.262 e. The Morgan fingerprint density at radius 2 is 1.29 bits per heavy atom. The number of amides is 2. The van der Waals surface area contributed by atoms with E-state index in [0.29, 0.717) is 11.1 Å². The van der Waals surface area contributed by atoms with Gasteiger partial charge in [0.2, 0.25) is 0 Å². The van der Waals surface area contributed by atoms with Crippen LogP contribution in [0.5, 0.6) is 0 Å². The Morgan fingerprint density at radius 1 is 0.833 bits per heavy atom. The molecule has 0 fully saturated rings. The second kappa shape index (κ2) is 9.97. The summed E-state index contributed by atoms with van der Waals surface area (Å²) < 4.78 is 0. The molecule has 4 heteroatoms. The maximum absolute atomic E-state index is 12.4. The Hall–Kier alpha value is -1.16. The number of rotatable bonds is 11. The molecule has 1 aromatic carbocycles. The van der Waals surface area contributed by atoms with E-state index in [1.807, 2.05) is 0 Å². The predicted octanol–water partition coefficient (Wildman–Crippen LogP) is 5.92. The van der Waals surface area contributed by atoms with Gasteiger partial charge in [-0.3, -0.25) is 14.5 Å². The van der Waals surface area contributed by atoms with Crippen molar-refractivity contribution in [2.75, 3.05) is 0 Å². The van der Waals surface area contributed by atoms with Gasteiger partial charge >= 0.3 is 0 Å². The van der Waals surface area contributed by atoms with Crippen molar-refractivity contribution < 1.29 is 9.59 Å². The van der Waals surface area contributed by atoms with Crippen LogP contribution in [0.15, 0.2) is 24.3 Å². The highest BCUT2D eigenvalue weighted by atomic mass is 79.9. The summed E-state index contributed by atoms with van der Waals surface area (Å²) in [6, 6.07) is 7.07. The van der Waals surface area contributed by atoms with Gasteiger partial charge in [-0.1, -0.05) is 92.8 Å². The number of halogens is 1. The predicted molar refractivity (Wildman–Crippen MR) is 102 cm³/mol. The Kier molecular flexibility index (Phi) is 7.97. The molecule has 1 atom stereocenters. The van der Waals surface area contributed by atoms with Gasteiger partial charge in [0, 0.05) is 0 Å². The molecule has 1 aliphatic heterocycles. The summed E-state index contributed by atoms with van der Waals surface area (Å²) in [7, 11) is 0. The van der Waals surface area contributed by atoms with E-state index in [1.54, 1.807) is 24.3 Å². The quantitative estimate of drug-likeness (QED) is 0.202. The van der Waals surface area contributed by atoms with E-state index in [4.69, 9.17) is 0 Å². The maximum Gasteiger partial charge on any atom is 0.262 e. The molecular formula is C20H28BrNO2. The number of nitrogens with zero attached hydrogens (tertiary/aromatic N) is 1. The van der Waals surface area contributed by atoms with Crippen LogP contribution in [0.25, 0.3) is 0 Å². The third-order valence-corrected chi connectivity index (χ3v) is 5.52. The zero-order valence-electron chi connectivity index (χ0n) is 14.6. The highest BCUT2D eigenvalue weighted by Crippen LogP contribution is 2.28. The normalized spacial score (nSPS) is 15.0. The first-order chi connectivity index (χ1) is 11.7. The highest BCUT2D eigenvalue weighted by molar-refractivity contribution is 9.09. The van der Waals surface area contributed by atoms with Crippen LogP contribution in [0.1, 0.15) is 91.8 Å². The first-order valence-electron chi connectivity index (χ1n) is 9.27. The lowest BCUT2D eigenvalue weighted by molar-refractivity contribution is 0.0635. The van der Waals surface area contributed by atoms with E-state index in [-0.39, 0.29) is 16.8 Å².